The van der Waals surface area contributed by atoms with E-state index >= 15 is 0 Å². The molecular formula is C25H18N4OS. The maximum atomic E-state index is 6.00. The van der Waals surface area contributed by atoms with Crippen LogP contribution in [-0.4, -0.2) is 26.5 Å². The molecule has 5 rings (SSSR count). The lowest BCUT2D eigenvalue weighted by Gasteiger charge is -2.07. The van der Waals surface area contributed by atoms with Gasteiger partial charge in [0, 0.05) is 23.6 Å². The molecule has 3 heterocycles. The second-order valence-electron chi connectivity index (χ2n) is 6.96. The molecule has 150 valence electrons. The molecule has 0 aliphatic carbocycles. The number of aromatic nitrogens is 4. The number of thiazole rings is 1. The van der Waals surface area contributed by atoms with Crippen LogP contribution in [0.1, 0.15) is 22.0 Å². The fourth-order valence-corrected chi connectivity index (χ4v) is 3.94. The molecule has 0 spiro atoms. The van der Waals surface area contributed by atoms with E-state index in [0.29, 0.717) is 35.8 Å². The average molecular weight is 423 g/mol. The topological polar surface area (TPSA) is 60.8 Å². The monoisotopic (exact) mass is 422 g/mol. The van der Waals surface area contributed by atoms with Crippen LogP contribution in [0.5, 0.6) is 5.88 Å². The lowest BCUT2D eigenvalue weighted by atomic mass is 10.1. The maximum Gasteiger partial charge on any atom is 0.249 e. The molecule has 0 saturated carbocycles. The number of hydrogen-bond donors (Lipinski definition) is 0. The molecule has 0 aliphatic rings. The molecular weight excluding hydrogens is 404 g/mol. The molecule has 31 heavy (non-hydrogen) atoms. The Morgan fingerprint density at radius 3 is 2.74 bits per heavy atom. The van der Waals surface area contributed by atoms with E-state index in [4.69, 9.17) is 4.74 Å². The summed E-state index contributed by atoms with van der Waals surface area (Å²) in [5.74, 6) is 6.83. The SMILES string of the molecule is Cc1nc(CCOc2nc3cccnc3nc2C#Cc2cccc3ccccc23)cs1. The van der Waals surface area contributed by atoms with Gasteiger partial charge in [0.25, 0.3) is 0 Å². The van der Waals surface area contributed by atoms with E-state index in [0.717, 1.165) is 27.0 Å². The fraction of sp³-hybridized carbons (Fsp3) is 0.120. The minimum atomic E-state index is 0.417. The molecule has 5 nitrogen and oxygen atoms in total. The normalized spacial score (nSPS) is 10.7. The number of nitrogens with zero attached hydrogens (tertiary/aromatic N) is 4. The summed E-state index contributed by atoms with van der Waals surface area (Å²) in [6.07, 6.45) is 2.40. The van der Waals surface area contributed by atoms with Crippen LogP contribution in [0.15, 0.2) is 66.2 Å². The van der Waals surface area contributed by atoms with Crippen LogP contribution in [-0.2, 0) is 6.42 Å². The molecule has 0 atom stereocenters. The smallest absolute Gasteiger partial charge is 0.249 e. The number of fused-ring (bicyclic) bond motifs is 2. The van der Waals surface area contributed by atoms with Crippen LogP contribution in [0.25, 0.3) is 21.9 Å². The second-order valence-corrected chi connectivity index (χ2v) is 8.02. The largest absolute Gasteiger partial charge is 0.475 e. The van der Waals surface area contributed by atoms with Gasteiger partial charge in [-0.1, -0.05) is 42.3 Å². The molecule has 0 aliphatic heterocycles. The average Bonchev–Trinajstić information content (AvgIpc) is 3.22. The van der Waals surface area contributed by atoms with Gasteiger partial charge in [0.15, 0.2) is 11.3 Å². The van der Waals surface area contributed by atoms with Gasteiger partial charge < -0.3 is 4.74 Å². The summed E-state index contributed by atoms with van der Waals surface area (Å²) < 4.78 is 6.00. The van der Waals surface area contributed by atoms with Gasteiger partial charge in [0.2, 0.25) is 5.88 Å². The Morgan fingerprint density at radius 1 is 0.935 bits per heavy atom. The zero-order chi connectivity index (χ0) is 21.0. The summed E-state index contributed by atoms with van der Waals surface area (Å²) in [6.45, 7) is 2.45. The highest BCUT2D eigenvalue weighted by molar-refractivity contribution is 7.09. The molecule has 2 aromatic carbocycles. The van der Waals surface area contributed by atoms with Gasteiger partial charge in [0.1, 0.15) is 5.52 Å². The van der Waals surface area contributed by atoms with Crippen LogP contribution in [0.3, 0.4) is 0 Å². The molecule has 6 heteroatoms. The summed E-state index contributed by atoms with van der Waals surface area (Å²) >= 11 is 1.64. The van der Waals surface area contributed by atoms with E-state index in [1.807, 2.05) is 43.3 Å². The molecule has 0 bridgehead atoms. The highest BCUT2D eigenvalue weighted by Gasteiger charge is 2.10. The van der Waals surface area contributed by atoms with Crippen LogP contribution < -0.4 is 4.74 Å². The number of aryl methyl sites for hydroxylation is 1. The van der Waals surface area contributed by atoms with Crippen LogP contribution in [0.4, 0.5) is 0 Å². The molecule has 0 N–H and O–H groups in total. The first-order valence-corrected chi connectivity index (χ1v) is 10.8. The van der Waals surface area contributed by atoms with E-state index in [2.05, 4.69) is 55.4 Å². The second kappa shape index (κ2) is 8.50. The van der Waals surface area contributed by atoms with E-state index in [1.165, 1.54) is 0 Å². The molecule has 3 aromatic heterocycles. The first-order chi connectivity index (χ1) is 15.3. The van der Waals surface area contributed by atoms with E-state index in [-0.39, 0.29) is 0 Å². The van der Waals surface area contributed by atoms with Crippen molar-refractivity contribution < 1.29 is 4.74 Å². The Bertz CT molecular complexity index is 1440. The van der Waals surface area contributed by atoms with Crippen LogP contribution >= 0.6 is 11.3 Å². The lowest BCUT2D eigenvalue weighted by molar-refractivity contribution is 0.307. The summed E-state index contributed by atoms with van der Waals surface area (Å²) in [7, 11) is 0. The Morgan fingerprint density at radius 2 is 1.84 bits per heavy atom. The third-order valence-electron chi connectivity index (χ3n) is 4.78. The molecule has 0 unspecified atom stereocenters. The third kappa shape index (κ3) is 4.23. The Balaban J connectivity index is 1.49. The van der Waals surface area contributed by atoms with Gasteiger partial charge >= 0.3 is 0 Å². The zero-order valence-corrected chi connectivity index (χ0v) is 17.7. The Hall–Kier alpha value is -3.82. The number of pyridine rings is 1. The lowest BCUT2D eigenvalue weighted by Crippen LogP contribution is -2.06. The van der Waals surface area contributed by atoms with Crippen molar-refractivity contribution in [3.05, 3.63) is 88.1 Å². The predicted octanol–water partition coefficient (Wildman–Crippen LogP) is 4.96. The third-order valence-corrected chi connectivity index (χ3v) is 5.60. The number of hydrogen-bond acceptors (Lipinski definition) is 6. The molecule has 0 amide bonds. The van der Waals surface area contributed by atoms with Crippen molar-refractivity contribution in [2.45, 2.75) is 13.3 Å². The van der Waals surface area contributed by atoms with E-state index in [9.17, 15) is 0 Å². The molecule has 0 fully saturated rings. The molecule has 5 aromatic rings. The minimum absolute atomic E-state index is 0.417. The standard InChI is InChI=1S/C25H18N4OS/c1-17-27-20(16-31-17)13-15-30-25-23(28-24-22(29-25)10-5-14-26-24)12-11-19-8-4-7-18-6-2-3-9-21(18)19/h2-10,14,16H,13,15H2,1H3. The van der Waals surface area contributed by atoms with Crippen molar-refractivity contribution in [1.29, 1.82) is 0 Å². The Labute approximate surface area is 183 Å². The van der Waals surface area contributed by atoms with Crippen molar-refractivity contribution in [2.24, 2.45) is 0 Å². The van der Waals surface area contributed by atoms with Crippen molar-refractivity contribution in [1.82, 2.24) is 19.9 Å². The first-order valence-electron chi connectivity index (χ1n) is 9.93. The van der Waals surface area contributed by atoms with Gasteiger partial charge in [-0.15, -0.1) is 11.3 Å². The van der Waals surface area contributed by atoms with Crippen LogP contribution in [0, 0.1) is 18.8 Å². The van der Waals surface area contributed by atoms with Crippen LogP contribution in [0.2, 0.25) is 0 Å². The molecule has 0 saturated heterocycles. The van der Waals surface area contributed by atoms with Gasteiger partial charge in [-0.2, -0.15) is 0 Å². The Kier molecular flexibility index (Phi) is 5.26. The van der Waals surface area contributed by atoms with Crippen molar-refractivity contribution in [2.75, 3.05) is 6.61 Å². The predicted molar refractivity (Wildman–Crippen MR) is 123 cm³/mol. The van der Waals surface area contributed by atoms with Crippen molar-refractivity contribution >= 4 is 33.3 Å². The van der Waals surface area contributed by atoms with E-state index in [1.54, 1.807) is 17.5 Å². The number of ether oxygens (including phenoxy) is 1. The van der Waals surface area contributed by atoms with Crippen molar-refractivity contribution in [3.8, 4) is 17.7 Å². The highest BCUT2D eigenvalue weighted by atomic mass is 32.1. The molecule has 0 radical (unpaired) electrons. The summed E-state index contributed by atoms with van der Waals surface area (Å²) in [5.41, 5.74) is 3.66. The summed E-state index contributed by atoms with van der Waals surface area (Å²) in [5, 5.41) is 5.35. The maximum absolute atomic E-state index is 6.00. The van der Waals surface area contributed by atoms with Gasteiger partial charge in [-0.05, 0) is 41.8 Å². The summed E-state index contributed by atoms with van der Waals surface area (Å²) in [4.78, 5) is 18.0. The number of rotatable bonds is 4. The van der Waals surface area contributed by atoms with Crippen molar-refractivity contribution in [3.63, 3.8) is 0 Å². The van der Waals surface area contributed by atoms with E-state index < -0.39 is 0 Å². The number of benzene rings is 2. The highest BCUT2D eigenvalue weighted by Crippen LogP contribution is 2.20. The van der Waals surface area contributed by atoms with Gasteiger partial charge in [0.05, 0.1) is 17.3 Å². The fourth-order valence-electron chi connectivity index (χ4n) is 3.30. The first kappa shape index (κ1) is 19.2. The van der Waals surface area contributed by atoms with Gasteiger partial charge in [-0.3, -0.25) is 0 Å². The van der Waals surface area contributed by atoms with Gasteiger partial charge in [-0.25, -0.2) is 19.9 Å². The quantitative estimate of drug-likeness (QED) is 0.383. The zero-order valence-electron chi connectivity index (χ0n) is 16.9. The summed E-state index contributed by atoms with van der Waals surface area (Å²) in [6, 6.07) is 18.0. The minimum Gasteiger partial charge on any atom is -0.475 e.